The summed E-state index contributed by atoms with van der Waals surface area (Å²) in [5.74, 6) is 0. The van der Waals surface area contributed by atoms with Crippen molar-refractivity contribution in [2.45, 2.75) is 32.9 Å². The summed E-state index contributed by atoms with van der Waals surface area (Å²) in [7, 11) is 2.14. The average Bonchev–Trinajstić information content (AvgIpc) is 2.43. The van der Waals surface area contributed by atoms with Crippen LogP contribution in [0.2, 0.25) is 5.02 Å². The molecule has 3 nitrogen and oxygen atoms in total. The molecular weight excluding hydrogens is 258 g/mol. The van der Waals surface area contributed by atoms with Gasteiger partial charge < -0.3 is 10.2 Å². The van der Waals surface area contributed by atoms with E-state index >= 15 is 0 Å². The predicted octanol–water partition coefficient (Wildman–Crippen LogP) is 3.03. The van der Waals surface area contributed by atoms with E-state index in [4.69, 9.17) is 16.9 Å². The summed E-state index contributed by atoms with van der Waals surface area (Å²) in [5, 5.41) is 12.8. The normalized spacial score (nSPS) is 12.4. The quantitative estimate of drug-likeness (QED) is 0.780. The molecule has 1 unspecified atom stereocenters. The Morgan fingerprint density at radius 3 is 2.79 bits per heavy atom. The third kappa shape index (κ3) is 5.20. The van der Waals surface area contributed by atoms with Crippen LogP contribution in [0.3, 0.4) is 0 Å². The zero-order chi connectivity index (χ0) is 14.3. The summed E-state index contributed by atoms with van der Waals surface area (Å²) in [6.45, 7) is 7.11. The van der Waals surface area contributed by atoms with Gasteiger partial charge >= 0.3 is 0 Å². The van der Waals surface area contributed by atoms with Gasteiger partial charge in [0, 0.05) is 30.7 Å². The highest BCUT2D eigenvalue weighted by atomic mass is 35.5. The SMILES string of the molecule is CCC(C)N(C)CCNCc1ccc(C#N)cc1Cl. The van der Waals surface area contributed by atoms with Crippen LogP contribution < -0.4 is 5.32 Å². The topological polar surface area (TPSA) is 39.1 Å². The average molecular weight is 280 g/mol. The van der Waals surface area contributed by atoms with Crippen LogP contribution in [0.15, 0.2) is 18.2 Å². The minimum absolute atomic E-state index is 0.602. The maximum Gasteiger partial charge on any atom is 0.0992 e. The molecule has 0 saturated heterocycles. The van der Waals surface area contributed by atoms with E-state index in [0.717, 1.165) is 31.6 Å². The lowest BCUT2D eigenvalue weighted by Gasteiger charge is -2.23. The third-order valence-corrected chi connectivity index (χ3v) is 3.83. The first-order valence-corrected chi connectivity index (χ1v) is 7.05. The molecule has 1 rings (SSSR count). The Morgan fingerprint density at radius 1 is 1.47 bits per heavy atom. The molecule has 0 heterocycles. The van der Waals surface area contributed by atoms with E-state index in [9.17, 15) is 0 Å². The highest BCUT2D eigenvalue weighted by Crippen LogP contribution is 2.17. The van der Waals surface area contributed by atoms with E-state index in [2.05, 4.69) is 37.2 Å². The number of benzene rings is 1. The molecule has 0 aromatic heterocycles. The molecule has 0 amide bonds. The molecular formula is C15H22ClN3. The second-order valence-electron chi connectivity index (χ2n) is 4.83. The lowest BCUT2D eigenvalue weighted by atomic mass is 10.1. The van der Waals surface area contributed by atoms with Gasteiger partial charge in [-0.1, -0.05) is 24.6 Å². The van der Waals surface area contributed by atoms with Crippen molar-refractivity contribution in [1.82, 2.24) is 10.2 Å². The first kappa shape index (κ1) is 16.0. The predicted molar refractivity (Wildman–Crippen MR) is 80.3 cm³/mol. The highest BCUT2D eigenvalue weighted by molar-refractivity contribution is 6.31. The maximum absolute atomic E-state index is 8.77. The fourth-order valence-electron chi connectivity index (χ4n) is 1.77. The Hall–Kier alpha value is -1.08. The molecule has 19 heavy (non-hydrogen) atoms. The molecule has 0 aliphatic rings. The summed E-state index contributed by atoms with van der Waals surface area (Å²) >= 11 is 6.12. The molecule has 1 aromatic rings. The van der Waals surface area contributed by atoms with Gasteiger partial charge in [-0.05, 0) is 38.1 Å². The summed E-state index contributed by atoms with van der Waals surface area (Å²) in [6, 6.07) is 8.12. The minimum atomic E-state index is 0.602. The van der Waals surface area contributed by atoms with Crippen molar-refractivity contribution in [1.29, 1.82) is 5.26 Å². The van der Waals surface area contributed by atoms with Crippen molar-refractivity contribution in [3.8, 4) is 6.07 Å². The van der Waals surface area contributed by atoms with E-state index in [1.54, 1.807) is 12.1 Å². The summed E-state index contributed by atoms with van der Waals surface area (Å²) in [4.78, 5) is 2.34. The van der Waals surface area contributed by atoms with Crippen LogP contribution in [-0.4, -0.2) is 31.1 Å². The number of rotatable bonds is 7. The van der Waals surface area contributed by atoms with Gasteiger partial charge in [0.25, 0.3) is 0 Å². The fourth-order valence-corrected chi connectivity index (χ4v) is 2.02. The molecule has 0 saturated carbocycles. The van der Waals surface area contributed by atoms with E-state index in [-0.39, 0.29) is 0 Å². The Bertz CT molecular complexity index is 440. The third-order valence-electron chi connectivity index (χ3n) is 3.48. The zero-order valence-corrected chi connectivity index (χ0v) is 12.7. The van der Waals surface area contributed by atoms with Crippen molar-refractivity contribution in [2.24, 2.45) is 0 Å². The number of nitrogens with zero attached hydrogens (tertiary/aromatic N) is 2. The number of hydrogen-bond donors (Lipinski definition) is 1. The lowest BCUT2D eigenvalue weighted by Crippen LogP contribution is -2.34. The number of nitriles is 1. The van der Waals surface area contributed by atoms with Crippen LogP contribution in [0.1, 0.15) is 31.4 Å². The fraction of sp³-hybridized carbons (Fsp3) is 0.533. The second-order valence-corrected chi connectivity index (χ2v) is 5.24. The van der Waals surface area contributed by atoms with Gasteiger partial charge in [0.1, 0.15) is 0 Å². The molecule has 0 aliphatic carbocycles. The Morgan fingerprint density at radius 2 is 2.21 bits per heavy atom. The van der Waals surface area contributed by atoms with Gasteiger partial charge in [-0.15, -0.1) is 0 Å². The maximum atomic E-state index is 8.77. The number of nitrogens with one attached hydrogen (secondary N) is 1. The Balaban J connectivity index is 2.36. The number of halogens is 1. The van der Waals surface area contributed by atoms with E-state index < -0.39 is 0 Å². The summed E-state index contributed by atoms with van der Waals surface area (Å²) in [6.07, 6.45) is 1.16. The second kappa shape index (κ2) is 8.16. The molecule has 0 fully saturated rings. The van der Waals surface area contributed by atoms with E-state index in [1.807, 2.05) is 6.07 Å². The first-order chi connectivity index (χ1) is 9.08. The van der Waals surface area contributed by atoms with Crippen LogP contribution in [0.4, 0.5) is 0 Å². The molecule has 1 N–H and O–H groups in total. The molecule has 4 heteroatoms. The Kier molecular flexibility index (Phi) is 6.86. The van der Waals surface area contributed by atoms with Gasteiger partial charge in [-0.2, -0.15) is 5.26 Å². The Labute approximate surface area is 121 Å². The van der Waals surface area contributed by atoms with Crippen molar-refractivity contribution >= 4 is 11.6 Å². The monoisotopic (exact) mass is 279 g/mol. The van der Waals surface area contributed by atoms with Gasteiger partial charge in [0.15, 0.2) is 0 Å². The van der Waals surface area contributed by atoms with Crippen LogP contribution in [0.5, 0.6) is 0 Å². The van der Waals surface area contributed by atoms with Crippen LogP contribution in [0.25, 0.3) is 0 Å². The lowest BCUT2D eigenvalue weighted by molar-refractivity contribution is 0.252. The molecule has 0 bridgehead atoms. The van der Waals surface area contributed by atoms with Gasteiger partial charge in [0.2, 0.25) is 0 Å². The van der Waals surface area contributed by atoms with Gasteiger partial charge in [0.05, 0.1) is 11.6 Å². The van der Waals surface area contributed by atoms with E-state index in [1.165, 1.54) is 0 Å². The van der Waals surface area contributed by atoms with E-state index in [0.29, 0.717) is 16.6 Å². The van der Waals surface area contributed by atoms with Crippen molar-refractivity contribution in [3.63, 3.8) is 0 Å². The molecule has 0 spiro atoms. The van der Waals surface area contributed by atoms with Crippen molar-refractivity contribution < 1.29 is 0 Å². The van der Waals surface area contributed by atoms with Crippen molar-refractivity contribution in [3.05, 3.63) is 34.3 Å². The molecule has 1 aromatic carbocycles. The van der Waals surface area contributed by atoms with Crippen molar-refractivity contribution in [2.75, 3.05) is 20.1 Å². The minimum Gasteiger partial charge on any atom is -0.311 e. The standard InChI is InChI=1S/C15H22ClN3/c1-4-12(2)19(3)8-7-18-11-14-6-5-13(10-17)9-15(14)16/h5-6,9,12,18H,4,7-8,11H2,1-3H3. The van der Waals surface area contributed by atoms with Gasteiger partial charge in [-0.3, -0.25) is 0 Å². The molecule has 0 radical (unpaired) electrons. The number of hydrogen-bond acceptors (Lipinski definition) is 3. The molecule has 1 atom stereocenters. The zero-order valence-electron chi connectivity index (χ0n) is 11.9. The summed E-state index contributed by atoms with van der Waals surface area (Å²) < 4.78 is 0. The van der Waals surface area contributed by atoms with Crippen LogP contribution >= 0.6 is 11.6 Å². The summed E-state index contributed by atoms with van der Waals surface area (Å²) in [5.41, 5.74) is 1.64. The number of likely N-dealkylation sites (N-methyl/N-ethyl adjacent to an activating group) is 1. The first-order valence-electron chi connectivity index (χ1n) is 6.68. The molecule has 104 valence electrons. The molecule has 0 aliphatic heterocycles. The van der Waals surface area contributed by atoms with Gasteiger partial charge in [-0.25, -0.2) is 0 Å². The van der Waals surface area contributed by atoms with Crippen LogP contribution in [-0.2, 0) is 6.54 Å². The largest absolute Gasteiger partial charge is 0.311 e. The highest BCUT2D eigenvalue weighted by Gasteiger charge is 2.06. The smallest absolute Gasteiger partial charge is 0.0992 e. The van der Waals surface area contributed by atoms with Crippen LogP contribution in [0, 0.1) is 11.3 Å².